The van der Waals surface area contributed by atoms with Crippen LogP contribution < -0.4 is 11.1 Å². The van der Waals surface area contributed by atoms with Gasteiger partial charge in [-0.25, -0.2) is 0 Å². The van der Waals surface area contributed by atoms with E-state index in [1.165, 1.54) is 0 Å². The highest BCUT2D eigenvalue weighted by Gasteiger charge is 2.21. The molecule has 0 aliphatic carbocycles. The molecular formula is C17H13ClN2O3. The Morgan fingerprint density at radius 1 is 1.17 bits per heavy atom. The van der Waals surface area contributed by atoms with E-state index in [4.69, 9.17) is 21.8 Å². The van der Waals surface area contributed by atoms with Gasteiger partial charge in [0.2, 0.25) is 5.76 Å². The minimum atomic E-state index is -0.767. The van der Waals surface area contributed by atoms with Crippen LogP contribution in [0.15, 0.2) is 46.9 Å². The van der Waals surface area contributed by atoms with E-state index < -0.39 is 5.91 Å². The van der Waals surface area contributed by atoms with Gasteiger partial charge < -0.3 is 15.5 Å². The van der Waals surface area contributed by atoms with Crippen molar-refractivity contribution in [3.05, 3.63) is 64.4 Å². The molecule has 0 atom stereocenters. The zero-order valence-corrected chi connectivity index (χ0v) is 13.0. The van der Waals surface area contributed by atoms with E-state index >= 15 is 0 Å². The van der Waals surface area contributed by atoms with Crippen molar-refractivity contribution < 1.29 is 14.0 Å². The lowest BCUT2D eigenvalue weighted by atomic mass is 10.1. The summed E-state index contributed by atoms with van der Waals surface area (Å²) in [5.74, 6) is -1.23. The molecule has 6 heteroatoms. The molecule has 23 heavy (non-hydrogen) atoms. The second-order valence-electron chi connectivity index (χ2n) is 5.13. The van der Waals surface area contributed by atoms with Crippen LogP contribution in [0.1, 0.15) is 26.5 Å². The molecule has 3 aromatic rings. The third-order valence-corrected chi connectivity index (χ3v) is 3.63. The molecule has 0 saturated carbocycles. The summed E-state index contributed by atoms with van der Waals surface area (Å²) in [5.41, 5.74) is 7.40. The number of halogens is 1. The highest BCUT2D eigenvalue weighted by atomic mass is 35.5. The Balaban J connectivity index is 2.06. The quantitative estimate of drug-likeness (QED) is 0.767. The SMILES string of the molecule is Cc1cccc(C(=O)Nc2c(C(N)=O)oc3cc(Cl)ccc23)c1. The summed E-state index contributed by atoms with van der Waals surface area (Å²) in [4.78, 5) is 24.0. The molecule has 3 N–H and O–H groups in total. The van der Waals surface area contributed by atoms with Crippen LogP contribution in [0, 0.1) is 6.92 Å². The van der Waals surface area contributed by atoms with Crippen molar-refractivity contribution in [2.75, 3.05) is 5.32 Å². The molecule has 5 nitrogen and oxygen atoms in total. The maximum atomic E-state index is 12.4. The molecule has 0 aliphatic rings. The van der Waals surface area contributed by atoms with Crippen LogP contribution in [-0.2, 0) is 0 Å². The number of primary amides is 1. The zero-order valence-electron chi connectivity index (χ0n) is 12.2. The molecule has 0 fully saturated rings. The summed E-state index contributed by atoms with van der Waals surface area (Å²) in [6.07, 6.45) is 0. The minimum Gasteiger partial charge on any atom is -0.449 e. The average Bonchev–Trinajstić information content (AvgIpc) is 2.85. The Morgan fingerprint density at radius 3 is 2.65 bits per heavy atom. The molecular weight excluding hydrogens is 316 g/mol. The highest BCUT2D eigenvalue weighted by Crippen LogP contribution is 2.32. The lowest BCUT2D eigenvalue weighted by molar-refractivity contribution is 0.0977. The summed E-state index contributed by atoms with van der Waals surface area (Å²) in [6, 6.07) is 12.0. The molecule has 0 aliphatic heterocycles. The first-order valence-electron chi connectivity index (χ1n) is 6.85. The van der Waals surface area contributed by atoms with Crippen molar-refractivity contribution in [1.29, 1.82) is 0 Å². The molecule has 0 bridgehead atoms. The van der Waals surface area contributed by atoms with Crippen LogP contribution in [-0.4, -0.2) is 11.8 Å². The van der Waals surface area contributed by atoms with Crippen molar-refractivity contribution in [1.82, 2.24) is 0 Å². The third-order valence-electron chi connectivity index (χ3n) is 3.39. The molecule has 3 rings (SSSR count). The normalized spacial score (nSPS) is 10.7. The zero-order chi connectivity index (χ0) is 16.6. The lowest BCUT2D eigenvalue weighted by Crippen LogP contribution is -2.17. The van der Waals surface area contributed by atoms with Gasteiger partial charge in [-0.15, -0.1) is 0 Å². The second-order valence-corrected chi connectivity index (χ2v) is 5.57. The molecule has 0 spiro atoms. The molecule has 0 saturated heterocycles. The van der Waals surface area contributed by atoms with Crippen LogP contribution >= 0.6 is 11.6 Å². The largest absolute Gasteiger partial charge is 0.449 e. The number of amides is 2. The Morgan fingerprint density at radius 2 is 1.96 bits per heavy atom. The highest BCUT2D eigenvalue weighted by molar-refractivity contribution is 6.31. The number of rotatable bonds is 3. The molecule has 116 valence electrons. The number of carbonyl (C=O) groups excluding carboxylic acids is 2. The van der Waals surface area contributed by atoms with Gasteiger partial charge in [0.25, 0.3) is 11.8 Å². The Labute approximate surface area is 137 Å². The van der Waals surface area contributed by atoms with Gasteiger partial charge in [0.05, 0.1) is 0 Å². The van der Waals surface area contributed by atoms with Gasteiger partial charge >= 0.3 is 0 Å². The van der Waals surface area contributed by atoms with Crippen molar-refractivity contribution in [2.45, 2.75) is 6.92 Å². The standard InChI is InChI=1S/C17H13ClN2O3/c1-9-3-2-4-10(7-9)17(22)20-14-12-6-5-11(18)8-13(12)23-15(14)16(19)21/h2-8H,1H3,(H2,19,21)(H,20,22). The van der Waals surface area contributed by atoms with Gasteiger partial charge in [-0.3, -0.25) is 9.59 Å². The van der Waals surface area contributed by atoms with Gasteiger partial charge in [-0.05, 0) is 31.2 Å². The van der Waals surface area contributed by atoms with Crippen LogP contribution in [0.4, 0.5) is 5.69 Å². The molecule has 1 heterocycles. The first-order valence-corrected chi connectivity index (χ1v) is 7.23. The number of benzene rings is 2. The lowest BCUT2D eigenvalue weighted by Gasteiger charge is -2.05. The molecule has 2 amide bonds. The number of nitrogens with one attached hydrogen (secondary N) is 1. The van der Waals surface area contributed by atoms with E-state index in [2.05, 4.69) is 5.32 Å². The summed E-state index contributed by atoms with van der Waals surface area (Å²) in [7, 11) is 0. The van der Waals surface area contributed by atoms with E-state index in [0.717, 1.165) is 5.56 Å². The fourth-order valence-corrected chi connectivity index (χ4v) is 2.50. The molecule has 1 aromatic heterocycles. The predicted octanol–water partition coefficient (Wildman–Crippen LogP) is 3.75. The summed E-state index contributed by atoms with van der Waals surface area (Å²) in [6.45, 7) is 1.89. The number of furan rings is 1. The fraction of sp³-hybridized carbons (Fsp3) is 0.0588. The van der Waals surface area contributed by atoms with E-state index in [-0.39, 0.29) is 17.4 Å². The monoisotopic (exact) mass is 328 g/mol. The van der Waals surface area contributed by atoms with Crippen molar-refractivity contribution in [2.24, 2.45) is 5.73 Å². The number of carbonyl (C=O) groups is 2. The molecule has 2 aromatic carbocycles. The van der Waals surface area contributed by atoms with Crippen molar-refractivity contribution in [3.8, 4) is 0 Å². The van der Waals surface area contributed by atoms with E-state index in [9.17, 15) is 9.59 Å². The Bertz CT molecular complexity index is 931. The van der Waals surface area contributed by atoms with E-state index in [1.54, 1.807) is 36.4 Å². The smallest absolute Gasteiger partial charge is 0.286 e. The summed E-state index contributed by atoms with van der Waals surface area (Å²) >= 11 is 5.92. The van der Waals surface area contributed by atoms with Crippen molar-refractivity contribution >= 4 is 40.1 Å². The van der Waals surface area contributed by atoms with E-state index in [1.807, 2.05) is 13.0 Å². The van der Waals surface area contributed by atoms with Gasteiger partial charge in [0.1, 0.15) is 11.3 Å². The number of nitrogens with two attached hydrogens (primary N) is 1. The van der Waals surface area contributed by atoms with Crippen LogP contribution in [0.25, 0.3) is 11.0 Å². The second kappa shape index (κ2) is 5.78. The number of hydrogen-bond acceptors (Lipinski definition) is 3. The number of anilines is 1. The molecule has 0 unspecified atom stereocenters. The maximum Gasteiger partial charge on any atom is 0.286 e. The van der Waals surface area contributed by atoms with Crippen LogP contribution in [0.3, 0.4) is 0 Å². The predicted molar refractivity (Wildman–Crippen MR) is 88.9 cm³/mol. The van der Waals surface area contributed by atoms with Crippen LogP contribution in [0.2, 0.25) is 5.02 Å². The number of aryl methyl sites for hydroxylation is 1. The summed E-state index contributed by atoms with van der Waals surface area (Å²) in [5, 5.41) is 3.72. The van der Waals surface area contributed by atoms with Crippen molar-refractivity contribution in [3.63, 3.8) is 0 Å². The first kappa shape index (κ1) is 15.1. The third kappa shape index (κ3) is 2.91. The minimum absolute atomic E-state index is 0.108. The Hall–Kier alpha value is -2.79. The van der Waals surface area contributed by atoms with Gasteiger partial charge in [-0.2, -0.15) is 0 Å². The van der Waals surface area contributed by atoms with Gasteiger partial charge in [0.15, 0.2) is 0 Å². The van der Waals surface area contributed by atoms with Crippen LogP contribution in [0.5, 0.6) is 0 Å². The maximum absolute atomic E-state index is 12.4. The summed E-state index contributed by atoms with van der Waals surface area (Å²) < 4.78 is 5.43. The first-order chi connectivity index (χ1) is 11.0. The topological polar surface area (TPSA) is 85.3 Å². The number of hydrogen-bond donors (Lipinski definition) is 2. The Kier molecular flexibility index (Phi) is 3.80. The van der Waals surface area contributed by atoms with E-state index in [0.29, 0.717) is 21.6 Å². The molecule has 0 radical (unpaired) electrons. The number of fused-ring (bicyclic) bond motifs is 1. The average molecular weight is 329 g/mol. The van der Waals surface area contributed by atoms with Gasteiger partial charge in [0, 0.05) is 22.0 Å². The van der Waals surface area contributed by atoms with Gasteiger partial charge in [-0.1, -0.05) is 29.3 Å². The fourth-order valence-electron chi connectivity index (χ4n) is 2.34.